The third-order valence-electron chi connectivity index (χ3n) is 3.98. The van der Waals surface area contributed by atoms with E-state index in [1.807, 2.05) is 37.3 Å². The molecule has 4 aromatic rings. The Balaban J connectivity index is 1.46. The summed E-state index contributed by atoms with van der Waals surface area (Å²) in [6, 6.07) is 18.3. The van der Waals surface area contributed by atoms with Gasteiger partial charge in [-0.15, -0.1) is 11.3 Å². The minimum absolute atomic E-state index is 0.652. The molecule has 0 atom stereocenters. The van der Waals surface area contributed by atoms with Gasteiger partial charge in [0.2, 0.25) is 0 Å². The maximum atomic E-state index is 4.72. The van der Waals surface area contributed by atoms with Gasteiger partial charge in [0.15, 0.2) is 0 Å². The van der Waals surface area contributed by atoms with Gasteiger partial charge in [-0.05, 0) is 24.6 Å². The fraction of sp³-hybridized carbons (Fsp3) is 0.150. The maximum absolute atomic E-state index is 4.72. The van der Waals surface area contributed by atoms with Gasteiger partial charge in [-0.2, -0.15) is 0 Å². The van der Waals surface area contributed by atoms with Gasteiger partial charge in [0.1, 0.15) is 5.82 Å². The zero-order valence-electron chi connectivity index (χ0n) is 13.9. The number of nitrogens with one attached hydrogen (secondary N) is 1. The van der Waals surface area contributed by atoms with E-state index in [2.05, 4.69) is 44.9 Å². The monoisotopic (exact) mass is 346 g/mol. The largest absolute Gasteiger partial charge is 0.363 e. The average molecular weight is 346 g/mol. The summed E-state index contributed by atoms with van der Waals surface area (Å²) in [7, 11) is 0. The number of hydrogen-bond acceptors (Lipinski definition) is 5. The Kier molecular flexibility index (Phi) is 4.39. The van der Waals surface area contributed by atoms with Gasteiger partial charge in [0.25, 0.3) is 0 Å². The lowest BCUT2D eigenvalue weighted by molar-refractivity contribution is 1.01. The number of hydrogen-bond donors (Lipinski definition) is 1. The highest BCUT2D eigenvalue weighted by molar-refractivity contribution is 7.09. The van der Waals surface area contributed by atoms with Gasteiger partial charge in [0, 0.05) is 11.8 Å². The van der Waals surface area contributed by atoms with Crippen LogP contribution in [-0.2, 0) is 13.0 Å². The van der Waals surface area contributed by atoms with E-state index in [9.17, 15) is 0 Å². The number of fused-ring (bicyclic) bond motifs is 1. The first-order valence-corrected chi connectivity index (χ1v) is 9.10. The van der Waals surface area contributed by atoms with Crippen LogP contribution in [0.25, 0.3) is 11.0 Å². The van der Waals surface area contributed by atoms with Crippen LogP contribution in [0.1, 0.15) is 22.0 Å². The second kappa shape index (κ2) is 6.99. The number of benzene rings is 2. The van der Waals surface area contributed by atoms with Crippen LogP contribution in [0, 0.1) is 6.92 Å². The van der Waals surface area contributed by atoms with Crippen LogP contribution >= 0.6 is 11.3 Å². The van der Waals surface area contributed by atoms with Crippen molar-refractivity contribution in [1.82, 2.24) is 15.0 Å². The number of anilines is 1. The molecular formula is C20H18N4S. The van der Waals surface area contributed by atoms with Gasteiger partial charge in [-0.3, -0.25) is 0 Å². The lowest BCUT2D eigenvalue weighted by Crippen LogP contribution is -2.05. The van der Waals surface area contributed by atoms with Crippen molar-refractivity contribution in [3.05, 3.63) is 81.9 Å². The molecule has 0 radical (unpaired) electrons. The molecule has 0 aliphatic rings. The zero-order valence-corrected chi connectivity index (χ0v) is 14.8. The van der Waals surface area contributed by atoms with Crippen molar-refractivity contribution in [2.24, 2.45) is 0 Å². The first-order chi connectivity index (χ1) is 12.3. The molecule has 4 rings (SSSR count). The molecule has 4 nitrogen and oxygen atoms in total. The molecule has 0 fully saturated rings. The number of aromatic nitrogens is 3. The molecule has 25 heavy (non-hydrogen) atoms. The summed E-state index contributed by atoms with van der Waals surface area (Å²) in [6.45, 7) is 2.63. The quantitative estimate of drug-likeness (QED) is 0.574. The second-order valence-electron chi connectivity index (χ2n) is 5.89. The van der Waals surface area contributed by atoms with E-state index in [1.165, 1.54) is 5.56 Å². The van der Waals surface area contributed by atoms with Gasteiger partial charge >= 0.3 is 0 Å². The Hall–Kier alpha value is -2.79. The predicted octanol–water partition coefficient (Wildman–Crippen LogP) is 4.60. The Bertz CT molecular complexity index is 995. The van der Waals surface area contributed by atoms with Crippen molar-refractivity contribution in [3.8, 4) is 0 Å². The van der Waals surface area contributed by atoms with Crippen molar-refractivity contribution in [3.63, 3.8) is 0 Å². The lowest BCUT2D eigenvalue weighted by atomic mass is 10.2. The zero-order chi connectivity index (χ0) is 17.1. The molecule has 2 heterocycles. The average Bonchev–Trinajstić information content (AvgIpc) is 3.08. The molecule has 0 saturated heterocycles. The van der Waals surface area contributed by atoms with E-state index < -0.39 is 0 Å². The van der Waals surface area contributed by atoms with Crippen molar-refractivity contribution < 1.29 is 0 Å². The van der Waals surface area contributed by atoms with Crippen LogP contribution < -0.4 is 5.32 Å². The number of nitrogens with zero attached hydrogens (tertiary/aromatic N) is 3. The van der Waals surface area contributed by atoms with Gasteiger partial charge in [-0.25, -0.2) is 15.0 Å². The molecule has 0 bridgehead atoms. The topological polar surface area (TPSA) is 50.7 Å². The number of rotatable bonds is 5. The van der Waals surface area contributed by atoms with Gasteiger partial charge < -0.3 is 5.32 Å². The minimum atomic E-state index is 0.652. The maximum Gasteiger partial charge on any atom is 0.148 e. The summed E-state index contributed by atoms with van der Waals surface area (Å²) in [6.07, 6.45) is 0.875. The second-order valence-corrected chi connectivity index (χ2v) is 6.84. The molecule has 0 amide bonds. The smallest absolute Gasteiger partial charge is 0.148 e. The summed E-state index contributed by atoms with van der Waals surface area (Å²) in [4.78, 5) is 14.0. The van der Waals surface area contributed by atoms with E-state index in [4.69, 9.17) is 4.98 Å². The SMILES string of the molecule is Cc1nc2ccccc2nc1NCc1csc(Cc2ccccc2)n1. The van der Waals surface area contributed by atoms with Crippen molar-refractivity contribution in [1.29, 1.82) is 0 Å². The Morgan fingerprint density at radius 1 is 0.880 bits per heavy atom. The standard InChI is InChI=1S/C20H18N4S/c1-14-20(24-18-10-6-5-9-17(18)22-14)21-12-16-13-25-19(23-16)11-15-7-3-2-4-8-15/h2-10,13H,11-12H2,1H3,(H,21,24). The Morgan fingerprint density at radius 3 is 2.40 bits per heavy atom. The van der Waals surface area contributed by atoms with E-state index in [1.54, 1.807) is 11.3 Å². The van der Waals surface area contributed by atoms with E-state index >= 15 is 0 Å². The summed E-state index contributed by atoms with van der Waals surface area (Å²) >= 11 is 1.70. The molecule has 124 valence electrons. The highest BCUT2D eigenvalue weighted by Crippen LogP contribution is 2.18. The molecule has 0 unspecified atom stereocenters. The molecule has 2 aromatic heterocycles. The highest BCUT2D eigenvalue weighted by atomic mass is 32.1. The van der Waals surface area contributed by atoms with Crippen molar-refractivity contribution in [2.75, 3.05) is 5.32 Å². The molecule has 5 heteroatoms. The van der Waals surface area contributed by atoms with Crippen LogP contribution in [0.2, 0.25) is 0 Å². The summed E-state index contributed by atoms with van der Waals surface area (Å²) < 4.78 is 0. The molecular weight excluding hydrogens is 328 g/mol. The minimum Gasteiger partial charge on any atom is -0.363 e. The first-order valence-electron chi connectivity index (χ1n) is 8.22. The molecule has 1 N–H and O–H groups in total. The fourth-order valence-corrected chi connectivity index (χ4v) is 3.54. The third-order valence-corrected chi connectivity index (χ3v) is 4.88. The van der Waals surface area contributed by atoms with E-state index in [0.29, 0.717) is 6.54 Å². The predicted molar refractivity (Wildman–Crippen MR) is 103 cm³/mol. The summed E-state index contributed by atoms with van der Waals surface area (Å²) in [5, 5.41) is 6.60. The third kappa shape index (κ3) is 3.67. The van der Waals surface area contributed by atoms with Crippen molar-refractivity contribution >= 4 is 28.2 Å². The Morgan fingerprint density at radius 2 is 1.60 bits per heavy atom. The van der Waals surface area contributed by atoms with Gasteiger partial charge in [-0.1, -0.05) is 42.5 Å². The van der Waals surface area contributed by atoms with E-state index in [0.717, 1.165) is 39.7 Å². The lowest BCUT2D eigenvalue weighted by Gasteiger charge is -2.08. The molecule has 2 aromatic carbocycles. The fourth-order valence-electron chi connectivity index (χ4n) is 2.71. The van der Waals surface area contributed by atoms with Crippen LogP contribution in [-0.4, -0.2) is 15.0 Å². The van der Waals surface area contributed by atoms with Crippen LogP contribution in [0.3, 0.4) is 0 Å². The highest BCUT2D eigenvalue weighted by Gasteiger charge is 2.07. The van der Waals surface area contributed by atoms with Crippen LogP contribution in [0.4, 0.5) is 5.82 Å². The first kappa shape index (κ1) is 15.7. The Labute approximate surface area is 150 Å². The number of para-hydroxylation sites is 2. The summed E-state index contributed by atoms with van der Waals surface area (Å²) in [5.74, 6) is 0.816. The normalized spacial score (nSPS) is 10.9. The van der Waals surface area contributed by atoms with Crippen LogP contribution in [0.15, 0.2) is 60.0 Å². The number of aryl methyl sites for hydroxylation is 1. The molecule has 0 aliphatic heterocycles. The molecule has 0 spiro atoms. The summed E-state index contributed by atoms with van der Waals surface area (Å²) in [5.41, 5.74) is 5.04. The van der Waals surface area contributed by atoms with Gasteiger partial charge in [0.05, 0.1) is 34.0 Å². The van der Waals surface area contributed by atoms with Crippen molar-refractivity contribution in [2.45, 2.75) is 19.9 Å². The molecule has 0 saturated carbocycles. The van der Waals surface area contributed by atoms with Crippen LogP contribution in [0.5, 0.6) is 0 Å². The molecule has 0 aliphatic carbocycles. The number of thiazole rings is 1. The van der Waals surface area contributed by atoms with E-state index in [-0.39, 0.29) is 0 Å².